The highest BCUT2D eigenvalue weighted by Gasteiger charge is 2.41. The average Bonchev–Trinajstić information content (AvgIpc) is 3.24. The van der Waals surface area contributed by atoms with Crippen molar-refractivity contribution in [2.75, 3.05) is 46.4 Å². The van der Waals surface area contributed by atoms with Crippen LogP contribution in [0, 0.1) is 5.92 Å². The fourth-order valence-corrected chi connectivity index (χ4v) is 6.34. The Labute approximate surface area is 210 Å². The number of piperidine rings is 2. The van der Waals surface area contributed by atoms with Crippen molar-refractivity contribution >= 4 is 18.1 Å². The number of urea groups is 1. The summed E-state index contributed by atoms with van der Waals surface area (Å²) < 4.78 is 10.4. The fourth-order valence-electron chi connectivity index (χ4n) is 6.34. The van der Waals surface area contributed by atoms with Crippen molar-refractivity contribution in [2.45, 2.75) is 95.9 Å². The van der Waals surface area contributed by atoms with Crippen LogP contribution < -0.4 is 0 Å². The number of carbonyl (C=O) groups excluding carboxylic acids is 3. The van der Waals surface area contributed by atoms with E-state index in [0.717, 1.165) is 90.6 Å². The summed E-state index contributed by atoms with van der Waals surface area (Å²) in [6.07, 6.45) is 7.19. The number of likely N-dealkylation sites (tertiary alicyclic amines) is 2. The summed E-state index contributed by atoms with van der Waals surface area (Å²) in [5, 5.41) is 0. The monoisotopic (exact) mass is 492 g/mol. The number of amides is 3. The Kier molecular flexibility index (Phi) is 8.13. The summed E-state index contributed by atoms with van der Waals surface area (Å²) in [5.74, 6) is -0.120. The first-order valence-electron chi connectivity index (χ1n) is 13.5. The second kappa shape index (κ2) is 10.9. The largest absolute Gasteiger partial charge is 0.469 e. The van der Waals surface area contributed by atoms with Crippen LogP contribution in [-0.4, -0.2) is 108 Å². The number of carbonyl (C=O) groups is 3. The predicted octanol–water partition coefficient (Wildman–Crippen LogP) is 3.32. The van der Waals surface area contributed by atoms with Crippen LogP contribution in [0.1, 0.15) is 72.1 Å². The zero-order valence-electron chi connectivity index (χ0n) is 22.0. The van der Waals surface area contributed by atoms with E-state index in [1.807, 2.05) is 25.7 Å². The third-order valence-electron chi connectivity index (χ3n) is 8.32. The van der Waals surface area contributed by atoms with Crippen molar-refractivity contribution in [1.82, 2.24) is 19.6 Å². The van der Waals surface area contributed by atoms with Crippen molar-refractivity contribution < 1.29 is 23.9 Å². The zero-order chi connectivity index (χ0) is 25.2. The maximum atomic E-state index is 13.3. The lowest BCUT2D eigenvalue weighted by atomic mass is 9.85. The van der Waals surface area contributed by atoms with Crippen molar-refractivity contribution in [3.05, 3.63) is 0 Å². The van der Waals surface area contributed by atoms with Gasteiger partial charge in [0.1, 0.15) is 5.60 Å². The molecule has 3 amide bonds. The Balaban J connectivity index is 1.20. The molecule has 0 aromatic carbocycles. The number of methoxy groups -OCH3 is 1. The summed E-state index contributed by atoms with van der Waals surface area (Å²) in [7, 11) is 1.45. The molecule has 0 bridgehead atoms. The molecule has 0 radical (unpaired) electrons. The number of hydrogen-bond acceptors (Lipinski definition) is 6. The molecule has 3 aliphatic heterocycles. The van der Waals surface area contributed by atoms with Gasteiger partial charge in [0.25, 0.3) is 0 Å². The molecule has 4 aliphatic rings. The Bertz CT molecular complexity index is 760. The van der Waals surface area contributed by atoms with Crippen molar-refractivity contribution in [2.24, 2.45) is 5.92 Å². The van der Waals surface area contributed by atoms with Crippen LogP contribution in [0.2, 0.25) is 0 Å². The summed E-state index contributed by atoms with van der Waals surface area (Å²) in [6.45, 7) is 10.8. The van der Waals surface area contributed by atoms with Gasteiger partial charge in [-0.05, 0) is 72.1 Å². The van der Waals surface area contributed by atoms with Gasteiger partial charge in [-0.25, -0.2) is 9.59 Å². The van der Waals surface area contributed by atoms with E-state index in [-0.39, 0.29) is 30.1 Å². The minimum absolute atomic E-state index is 0.00890. The van der Waals surface area contributed by atoms with E-state index in [9.17, 15) is 14.4 Å². The summed E-state index contributed by atoms with van der Waals surface area (Å²) in [5.41, 5.74) is -0.457. The number of hydrogen-bond donors (Lipinski definition) is 0. The molecule has 0 aromatic heterocycles. The first-order valence-corrected chi connectivity index (χ1v) is 13.5. The molecule has 35 heavy (non-hydrogen) atoms. The van der Waals surface area contributed by atoms with E-state index >= 15 is 0 Å². The molecule has 9 nitrogen and oxygen atoms in total. The smallest absolute Gasteiger partial charge is 0.410 e. The molecule has 0 N–H and O–H groups in total. The maximum Gasteiger partial charge on any atom is 0.410 e. The molecule has 4 fully saturated rings. The standard InChI is InChI=1S/C26H44N4O5/c1-26(2,3)35-25(33)28-15-9-20(10-16-28)27-13-11-22(12-14-27)30-18-17-29(24(30)32)21-7-5-19(6-8-21)23(31)34-4/h19-22H,5-18H2,1-4H3/t19-,21-. The van der Waals surface area contributed by atoms with Crippen LogP contribution in [-0.2, 0) is 14.3 Å². The second-order valence-electron chi connectivity index (χ2n) is 11.7. The van der Waals surface area contributed by atoms with Gasteiger partial charge in [-0.1, -0.05) is 0 Å². The predicted molar refractivity (Wildman–Crippen MR) is 132 cm³/mol. The van der Waals surface area contributed by atoms with E-state index < -0.39 is 5.60 Å². The van der Waals surface area contributed by atoms with Gasteiger partial charge in [0.15, 0.2) is 0 Å². The molecule has 3 heterocycles. The minimum atomic E-state index is -0.457. The summed E-state index contributed by atoms with van der Waals surface area (Å²) in [6, 6.07) is 1.27. The molecule has 198 valence electrons. The average molecular weight is 493 g/mol. The molecule has 0 unspecified atom stereocenters. The van der Waals surface area contributed by atoms with Gasteiger partial charge in [-0.15, -0.1) is 0 Å². The van der Waals surface area contributed by atoms with E-state index in [2.05, 4.69) is 14.7 Å². The molecule has 1 aliphatic carbocycles. The highest BCUT2D eigenvalue weighted by molar-refractivity contribution is 5.77. The Hall–Kier alpha value is -2.03. The van der Waals surface area contributed by atoms with Gasteiger partial charge in [0.05, 0.1) is 13.0 Å². The third-order valence-corrected chi connectivity index (χ3v) is 8.32. The minimum Gasteiger partial charge on any atom is -0.469 e. The van der Waals surface area contributed by atoms with Gasteiger partial charge in [0.2, 0.25) is 0 Å². The third kappa shape index (κ3) is 6.22. The van der Waals surface area contributed by atoms with Crippen LogP contribution in [0.3, 0.4) is 0 Å². The highest BCUT2D eigenvalue weighted by atomic mass is 16.6. The number of nitrogens with zero attached hydrogens (tertiary/aromatic N) is 4. The van der Waals surface area contributed by atoms with Gasteiger partial charge < -0.3 is 29.1 Å². The Morgan fingerprint density at radius 3 is 1.77 bits per heavy atom. The van der Waals surface area contributed by atoms with Crippen molar-refractivity contribution in [1.29, 1.82) is 0 Å². The lowest BCUT2D eigenvalue weighted by molar-refractivity contribution is -0.146. The zero-order valence-corrected chi connectivity index (χ0v) is 22.0. The normalized spacial score (nSPS) is 27.9. The van der Waals surface area contributed by atoms with Crippen molar-refractivity contribution in [3.63, 3.8) is 0 Å². The number of ether oxygens (including phenoxy) is 2. The van der Waals surface area contributed by atoms with Crippen molar-refractivity contribution in [3.8, 4) is 0 Å². The van der Waals surface area contributed by atoms with Crippen LogP contribution in [0.15, 0.2) is 0 Å². The highest BCUT2D eigenvalue weighted by Crippen LogP contribution is 2.32. The second-order valence-corrected chi connectivity index (χ2v) is 11.7. The molecule has 9 heteroatoms. The maximum absolute atomic E-state index is 13.3. The van der Waals surface area contributed by atoms with Crippen LogP contribution >= 0.6 is 0 Å². The quantitative estimate of drug-likeness (QED) is 0.560. The van der Waals surface area contributed by atoms with Gasteiger partial charge in [-0.2, -0.15) is 0 Å². The first kappa shape index (κ1) is 26.0. The molecule has 0 spiro atoms. The summed E-state index contributed by atoms with van der Waals surface area (Å²) in [4.78, 5) is 46.0. The topological polar surface area (TPSA) is 82.6 Å². The Morgan fingerprint density at radius 2 is 1.26 bits per heavy atom. The first-order chi connectivity index (χ1) is 16.7. The number of esters is 1. The Morgan fingerprint density at radius 1 is 0.743 bits per heavy atom. The summed E-state index contributed by atoms with van der Waals surface area (Å²) >= 11 is 0. The van der Waals surface area contributed by atoms with Crippen LogP contribution in [0.5, 0.6) is 0 Å². The SMILES string of the molecule is COC(=O)[C@H]1CC[C@H](N2CCN(C3CCN(C4CCN(C(=O)OC(C)(C)C)CC4)CC3)C2=O)CC1. The van der Waals surface area contributed by atoms with E-state index in [1.54, 1.807) is 0 Å². The van der Waals surface area contributed by atoms with E-state index in [4.69, 9.17) is 9.47 Å². The van der Waals surface area contributed by atoms with Gasteiger partial charge >= 0.3 is 18.1 Å². The van der Waals surface area contributed by atoms with Gasteiger partial charge in [0, 0.05) is 57.4 Å². The number of rotatable bonds is 4. The molecule has 0 atom stereocenters. The van der Waals surface area contributed by atoms with E-state index in [0.29, 0.717) is 12.1 Å². The molecular formula is C26H44N4O5. The fraction of sp³-hybridized carbons (Fsp3) is 0.885. The molecule has 1 saturated carbocycles. The molecule has 0 aromatic rings. The lowest BCUT2D eigenvalue weighted by Gasteiger charge is -2.43. The van der Waals surface area contributed by atoms with Crippen LogP contribution in [0.4, 0.5) is 9.59 Å². The lowest BCUT2D eigenvalue weighted by Crippen LogP contribution is -2.53. The molecule has 3 saturated heterocycles. The van der Waals surface area contributed by atoms with Crippen LogP contribution in [0.25, 0.3) is 0 Å². The molecular weight excluding hydrogens is 448 g/mol. The van der Waals surface area contributed by atoms with Gasteiger partial charge in [-0.3, -0.25) is 4.79 Å². The molecule has 4 rings (SSSR count). The van der Waals surface area contributed by atoms with E-state index in [1.165, 1.54) is 7.11 Å².